The Morgan fingerprint density at radius 1 is 1.20 bits per heavy atom. The van der Waals surface area contributed by atoms with Gasteiger partial charge >= 0.3 is 0 Å². The first-order chi connectivity index (χ1) is 17.0. The highest BCUT2D eigenvalue weighted by molar-refractivity contribution is 6.33. The molecule has 0 bridgehead atoms. The average Bonchev–Trinajstić information content (AvgIpc) is 3.57. The molecule has 0 saturated carbocycles. The van der Waals surface area contributed by atoms with Crippen LogP contribution in [0.25, 0.3) is 22.2 Å². The Labute approximate surface area is 206 Å². The lowest BCUT2D eigenvalue weighted by molar-refractivity contribution is -0.126. The maximum atomic E-state index is 13.0. The number of H-pyrrole nitrogens is 2. The molecule has 0 radical (unpaired) electrons. The Kier molecular flexibility index (Phi) is 6.41. The number of likely N-dealkylation sites (tertiary alicyclic amines) is 1. The van der Waals surface area contributed by atoms with Crippen molar-refractivity contribution in [1.82, 2.24) is 30.4 Å². The van der Waals surface area contributed by atoms with E-state index in [4.69, 9.17) is 16.3 Å². The lowest BCUT2D eigenvalue weighted by Crippen LogP contribution is -2.43. The number of nitrogens with one attached hydrogen (secondary N) is 3. The number of methoxy groups -OCH3 is 1. The molecule has 1 aliphatic heterocycles. The van der Waals surface area contributed by atoms with Gasteiger partial charge in [0, 0.05) is 48.9 Å². The maximum absolute atomic E-state index is 13.0. The summed E-state index contributed by atoms with van der Waals surface area (Å²) in [6.45, 7) is 1.47. The first-order valence-electron chi connectivity index (χ1n) is 11.4. The Bertz CT molecular complexity index is 1370. The fourth-order valence-corrected chi connectivity index (χ4v) is 4.56. The molecule has 5 rings (SSSR count). The first kappa shape index (κ1) is 22.9. The van der Waals surface area contributed by atoms with Crippen molar-refractivity contribution in [2.24, 2.45) is 5.92 Å². The molecule has 10 heteroatoms. The van der Waals surface area contributed by atoms with Gasteiger partial charge in [0.2, 0.25) is 11.8 Å². The predicted molar refractivity (Wildman–Crippen MR) is 132 cm³/mol. The molecule has 1 fully saturated rings. The molecular weight excluding hydrogens is 468 g/mol. The van der Waals surface area contributed by atoms with Gasteiger partial charge in [-0.15, -0.1) is 0 Å². The number of benzene rings is 1. The zero-order chi connectivity index (χ0) is 24.4. The lowest BCUT2D eigenvalue weighted by atomic mass is 9.95. The predicted octanol–water partition coefficient (Wildman–Crippen LogP) is 3.78. The summed E-state index contributed by atoms with van der Waals surface area (Å²) in [6, 6.07) is 11.5. The Balaban J connectivity index is 1.16. The third-order valence-corrected chi connectivity index (χ3v) is 6.67. The van der Waals surface area contributed by atoms with E-state index < -0.39 is 0 Å². The van der Waals surface area contributed by atoms with E-state index in [2.05, 4.69) is 25.5 Å². The van der Waals surface area contributed by atoms with Gasteiger partial charge in [-0.2, -0.15) is 5.10 Å². The number of aromatic amines is 2. The van der Waals surface area contributed by atoms with Gasteiger partial charge in [0.05, 0.1) is 24.0 Å². The molecule has 4 heterocycles. The second kappa shape index (κ2) is 9.79. The fraction of sp³-hybridized carbons (Fsp3) is 0.280. The van der Waals surface area contributed by atoms with Crippen molar-refractivity contribution in [3.8, 4) is 17.1 Å². The summed E-state index contributed by atoms with van der Waals surface area (Å²) in [6.07, 6.45) is 4.61. The number of pyridine rings is 1. The molecule has 3 N–H and O–H groups in total. The number of fused-ring (bicyclic) bond motifs is 1. The van der Waals surface area contributed by atoms with Crippen molar-refractivity contribution in [1.29, 1.82) is 0 Å². The molecule has 1 saturated heterocycles. The molecule has 0 spiro atoms. The Hall–Kier alpha value is -3.85. The highest BCUT2D eigenvalue weighted by Crippen LogP contribution is 2.29. The zero-order valence-corrected chi connectivity index (χ0v) is 19.9. The smallest absolute Gasteiger partial charge is 0.274 e. The summed E-state index contributed by atoms with van der Waals surface area (Å²) in [4.78, 5) is 34.7. The van der Waals surface area contributed by atoms with Gasteiger partial charge in [0.1, 0.15) is 0 Å². The van der Waals surface area contributed by atoms with Crippen LogP contribution in [0.3, 0.4) is 0 Å². The van der Waals surface area contributed by atoms with E-state index in [0.29, 0.717) is 60.3 Å². The number of aromatic nitrogens is 4. The monoisotopic (exact) mass is 492 g/mol. The van der Waals surface area contributed by atoms with Gasteiger partial charge in [-0.25, -0.2) is 4.98 Å². The molecule has 4 aromatic rings. The minimum atomic E-state index is -0.178. The summed E-state index contributed by atoms with van der Waals surface area (Å²) in [5.74, 6) is 0.137. The first-order valence-corrected chi connectivity index (χ1v) is 11.8. The molecule has 1 aromatic carbocycles. The van der Waals surface area contributed by atoms with Gasteiger partial charge in [0.15, 0.2) is 5.69 Å². The van der Waals surface area contributed by atoms with Crippen molar-refractivity contribution in [3.63, 3.8) is 0 Å². The molecule has 2 amide bonds. The number of halogens is 1. The highest BCUT2D eigenvalue weighted by Gasteiger charge is 2.29. The normalized spacial score (nSPS) is 14.3. The van der Waals surface area contributed by atoms with Crippen LogP contribution in [0.1, 0.15) is 28.9 Å². The van der Waals surface area contributed by atoms with Crippen LogP contribution in [-0.2, 0) is 11.3 Å². The molecule has 0 aliphatic carbocycles. The molecular formula is C25H25ClN6O3. The van der Waals surface area contributed by atoms with Crippen LogP contribution in [-0.4, -0.2) is 57.1 Å². The lowest BCUT2D eigenvalue weighted by Gasteiger charge is -2.30. The molecule has 3 aromatic heterocycles. The van der Waals surface area contributed by atoms with E-state index in [9.17, 15) is 9.59 Å². The second-order valence-corrected chi connectivity index (χ2v) is 8.96. The summed E-state index contributed by atoms with van der Waals surface area (Å²) in [5, 5.41) is 11.7. The SMILES string of the molecule is COc1cc(-c2cc(C(=O)N3CCC(C(=O)NCc4ccc5cc[nH]c5c4)CC3)n[nH]2)c(Cl)cn1. The van der Waals surface area contributed by atoms with E-state index in [1.54, 1.807) is 17.0 Å². The number of carbonyl (C=O) groups excluding carboxylic acids is 2. The van der Waals surface area contributed by atoms with Gasteiger partial charge < -0.3 is 19.9 Å². The molecule has 180 valence electrons. The van der Waals surface area contributed by atoms with Crippen LogP contribution >= 0.6 is 11.6 Å². The van der Waals surface area contributed by atoms with Crippen LogP contribution in [0.15, 0.2) is 48.8 Å². The van der Waals surface area contributed by atoms with E-state index >= 15 is 0 Å². The number of rotatable bonds is 6. The van der Waals surface area contributed by atoms with E-state index in [1.165, 1.54) is 13.3 Å². The van der Waals surface area contributed by atoms with Crippen LogP contribution in [0.4, 0.5) is 0 Å². The third kappa shape index (κ3) is 4.85. The summed E-state index contributed by atoms with van der Waals surface area (Å²) < 4.78 is 5.15. The fourth-order valence-electron chi connectivity index (χ4n) is 4.35. The standard InChI is InChI=1S/C25H25ClN6O3/c1-35-23-11-18(19(26)14-28-23)21-12-22(31-30-21)25(34)32-8-5-17(6-9-32)24(33)29-13-15-2-3-16-4-7-27-20(16)10-15/h2-4,7,10-12,14,17,27H,5-6,8-9,13H2,1H3,(H,29,33)(H,30,31). The minimum absolute atomic E-state index is 0.0204. The van der Waals surface area contributed by atoms with Crippen molar-refractivity contribution in [2.45, 2.75) is 19.4 Å². The number of amides is 2. The molecule has 1 aliphatic rings. The number of hydrogen-bond donors (Lipinski definition) is 3. The van der Waals surface area contributed by atoms with Gasteiger partial charge in [-0.3, -0.25) is 14.7 Å². The second-order valence-electron chi connectivity index (χ2n) is 8.56. The number of carbonyl (C=O) groups is 2. The van der Waals surface area contributed by atoms with Gasteiger partial charge in [0.25, 0.3) is 5.91 Å². The van der Waals surface area contributed by atoms with Crippen LogP contribution in [0, 0.1) is 5.92 Å². The van der Waals surface area contributed by atoms with E-state index in [1.807, 2.05) is 30.5 Å². The van der Waals surface area contributed by atoms with Crippen molar-refractivity contribution >= 4 is 34.3 Å². The molecule has 35 heavy (non-hydrogen) atoms. The van der Waals surface area contributed by atoms with Crippen LogP contribution in [0.2, 0.25) is 5.02 Å². The van der Waals surface area contributed by atoms with Crippen molar-refractivity contribution in [3.05, 3.63) is 65.1 Å². The Morgan fingerprint density at radius 2 is 2.03 bits per heavy atom. The molecule has 9 nitrogen and oxygen atoms in total. The van der Waals surface area contributed by atoms with Crippen LogP contribution < -0.4 is 10.1 Å². The summed E-state index contributed by atoms with van der Waals surface area (Å²) in [7, 11) is 1.52. The zero-order valence-electron chi connectivity index (χ0n) is 19.2. The maximum Gasteiger partial charge on any atom is 0.274 e. The third-order valence-electron chi connectivity index (χ3n) is 6.37. The topological polar surface area (TPSA) is 116 Å². The number of hydrogen-bond acceptors (Lipinski definition) is 5. The van der Waals surface area contributed by atoms with E-state index in [-0.39, 0.29) is 17.7 Å². The Morgan fingerprint density at radius 3 is 2.83 bits per heavy atom. The van der Waals surface area contributed by atoms with E-state index in [0.717, 1.165) is 16.5 Å². The van der Waals surface area contributed by atoms with Crippen molar-refractivity contribution in [2.75, 3.05) is 20.2 Å². The molecule has 0 unspecified atom stereocenters. The van der Waals surface area contributed by atoms with Crippen molar-refractivity contribution < 1.29 is 14.3 Å². The number of ether oxygens (including phenoxy) is 1. The number of piperidine rings is 1. The van der Waals surface area contributed by atoms with Gasteiger partial charge in [-0.1, -0.05) is 23.7 Å². The quantitative estimate of drug-likeness (QED) is 0.379. The highest BCUT2D eigenvalue weighted by atomic mass is 35.5. The minimum Gasteiger partial charge on any atom is -0.481 e. The van der Waals surface area contributed by atoms with Crippen LogP contribution in [0.5, 0.6) is 5.88 Å². The number of nitrogens with zero attached hydrogens (tertiary/aromatic N) is 3. The average molecular weight is 493 g/mol. The molecule has 0 atom stereocenters. The summed E-state index contributed by atoms with van der Waals surface area (Å²) >= 11 is 6.26. The van der Waals surface area contributed by atoms with Gasteiger partial charge in [-0.05, 0) is 42.0 Å². The largest absolute Gasteiger partial charge is 0.481 e. The summed E-state index contributed by atoms with van der Waals surface area (Å²) in [5.41, 5.74) is 3.65.